The molecule has 0 N–H and O–H groups in total. The number of anilines is 1. The van der Waals surface area contributed by atoms with E-state index < -0.39 is 41.5 Å². The number of non-ortho nitro benzene ring substituents is 1. The van der Waals surface area contributed by atoms with Gasteiger partial charge in [-0.2, -0.15) is 31.6 Å². The Labute approximate surface area is 154 Å². The fourth-order valence-corrected chi connectivity index (χ4v) is 2.46. The first-order valence-corrected chi connectivity index (χ1v) is 7.57. The van der Waals surface area contributed by atoms with Crippen LogP contribution in [0.2, 0.25) is 0 Å². The minimum atomic E-state index is -4.92. The molecule has 0 aliphatic rings. The van der Waals surface area contributed by atoms with Crippen LogP contribution in [0.3, 0.4) is 0 Å². The molecule has 0 aliphatic carbocycles. The first-order valence-electron chi connectivity index (χ1n) is 7.57. The molecule has 0 amide bonds. The van der Waals surface area contributed by atoms with Crippen molar-refractivity contribution in [3.8, 4) is 6.07 Å². The normalized spacial score (nSPS) is 11.8. The standard InChI is InChI=1S/C17H11F6N3O2/c18-16(19,20)10-25(9-11-1-4-13(5-2-11)26(27)28)14-6-3-12(8-24)15(7-14)17(21,22)23/h1-7H,9-10H2. The second-order valence-electron chi connectivity index (χ2n) is 5.73. The third kappa shape index (κ3) is 5.35. The van der Waals surface area contributed by atoms with Crippen molar-refractivity contribution < 1.29 is 31.3 Å². The van der Waals surface area contributed by atoms with Crippen molar-refractivity contribution in [1.29, 1.82) is 5.26 Å². The second kappa shape index (κ2) is 7.75. The predicted octanol–water partition coefficient (Wildman–Crippen LogP) is 5.05. The molecule has 2 rings (SSSR count). The molecule has 0 radical (unpaired) electrons. The third-order valence-electron chi connectivity index (χ3n) is 3.68. The summed E-state index contributed by atoms with van der Waals surface area (Å²) in [6, 6.07) is 8.24. The van der Waals surface area contributed by atoms with Crippen LogP contribution in [-0.4, -0.2) is 17.6 Å². The molecule has 0 saturated heterocycles. The Kier molecular flexibility index (Phi) is 5.82. The number of nitrogens with zero attached hydrogens (tertiary/aromatic N) is 3. The Morgan fingerprint density at radius 2 is 1.64 bits per heavy atom. The quantitative estimate of drug-likeness (QED) is 0.398. The molecule has 2 aromatic carbocycles. The van der Waals surface area contributed by atoms with Gasteiger partial charge in [-0.25, -0.2) is 0 Å². The number of hydrogen-bond acceptors (Lipinski definition) is 4. The zero-order valence-electron chi connectivity index (χ0n) is 13.9. The molecule has 0 heterocycles. The van der Waals surface area contributed by atoms with E-state index in [9.17, 15) is 36.5 Å². The predicted molar refractivity (Wildman–Crippen MR) is 86.4 cm³/mol. The summed E-state index contributed by atoms with van der Waals surface area (Å²) in [6.07, 6.45) is -9.63. The maximum absolute atomic E-state index is 13.1. The van der Waals surface area contributed by atoms with E-state index >= 15 is 0 Å². The van der Waals surface area contributed by atoms with Crippen LogP contribution in [0.5, 0.6) is 0 Å². The highest BCUT2D eigenvalue weighted by atomic mass is 19.4. The van der Waals surface area contributed by atoms with Crippen molar-refractivity contribution in [3.63, 3.8) is 0 Å². The van der Waals surface area contributed by atoms with Crippen LogP contribution in [0.4, 0.5) is 37.7 Å². The van der Waals surface area contributed by atoms with Gasteiger partial charge in [0.1, 0.15) is 6.54 Å². The highest BCUT2D eigenvalue weighted by molar-refractivity contribution is 5.55. The van der Waals surface area contributed by atoms with Crippen molar-refractivity contribution in [2.75, 3.05) is 11.4 Å². The lowest BCUT2D eigenvalue weighted by atomic mass is 10.1. The van der Waals surface area contributed by atoms with E-state index in [2.05, 4.69) is 0 Å². The molecule has 148 valence electrons. The van der Waals surface area contributed by atoms with Gasteiger partial charge < -0.3 is 4.90 Å². The topological polar surface area (TPSA) is 70.2 Å². The van der Waals surface area contributed by atoms with Crippen LogP contribution in [0.15, 0.2) is 42.5 Å². The number of halogens is 6. The van der Waals surface area contributed by atoms with Gasteiger partial charge in [0.15, 0.2) is 0 Å². The van der Waals surface area contributed by atoms with E-state index in [1.54, 1.807) is 0 Å². The molecule has 0 atom stereocenters. The van der Waals surface area contributed by atoms with Crippen molar-refractivity contribution >= 4 is 11.4 Å². The summed E-state index contributed by atoms with van der Waals surface area (Å²) in [4.78, 5) is 10.6. The molecule has 2 aromatic rings. The van der Waals surface area contributed by atoms with Gasteiger partial charge in [-0.1, -0.05) is 12.1 Å². The lowest BCUT2D eigenvalue weighted by molar-refractivity contribution is -0.384. The fourth-order valence-electron chi connectivity index (χ4n) is 2.46. The molecule has 28 heavy (non-hydrogen) atoms. The average Bonchev–Trinajstić information content (AvgIpc) is 2.59. The monoisotopic (exact) mass is 403 g/mol. The number of nitro groups is 1. The number of hydrogen-bond donors (Lipinski definition) is 0. The van der Waals surface area contributed by atoms with Gasteiger partial charge in [-0.15, -0.1) is 0 Å². The molecule has 5 nitrogen and oxygen atoms in total. The Balaban J connectivity index is 2.43. The molecule has 0 aliphatic heterocycles. The summed E-state index contributed by atoms with van der Waals surface area (Å²) in [7, 11) is 0. The zero-order valence-corrected chi connectivity index (χ0v) is 13.9. The van der Waals surface area contributed by atoms with Crippen molar-refractivity contribution in [1.82, 2.24) is 0 Å². The number of nitriles is 1. The maximum atomic E-state index is 13.1. The summed E-state index contributed by atoms with van der Waals surface area (Å²) in [5.74, 6) is 0. The molecule has 0 aromatic heterocycles. The minimum absolute atomic E-state index is 0.229. The van der Waals surface area contributed by atoms with E-state index in [0.29, 0.717) is 11.0 Å². The lowest BCUT2D eigenvalue weighted by Gasteiger charge is -2.27. The van der Waals surface area contributed by atoms with E-state index in [4.69, 9.17) is 5.26 Å². The van der Waals surface area contributed by atoms with Crippen LogP contribution in [0.1, 0.15) is 16.7 Å². The van der Waals surface area contributed by atoms with Crippen LogP contribution in [-0.2, 0) is 12.7 Å². The van der Waals surface area contributed by atoms with Gasteiger partial charge in [0.25, 0.3) is 5.69 Å². The first kappa shape index (κ1) is 21.0. The van der Waals surface area contributed by atoms with Crippen LogP contribution in [0, 0.1) is 21.4 Å². The third-order valence-corrected chi connectivity index (χ3v) is 3.68. The molecular weight excluding hydrogens is 392 g/mol. The molecule has 0 fully saturated rings. The molecule has 0 saturated carbocycles. The summed E-state index contributed by atoms with van der Waals surface area (Å²) in [5, 5.41) is 19.5. The highest BCUT2D eigenvalue weighted by Crippen LogP contribution is 2.35. The average molecular weight is 403 g/mol. The van der Waals surface area contributed by atoms with Gasteiger partial charge in [0.05, 0.1) is 22.1 Å². The molecule has 11 heteroatoms. The summed E-state index contributed by atoms with van der Waals surface area (Å²) >= 11 is 0. The van der Waals surface area contributed by atoms with E-state index in [1.807, 2.05) is 0 Å². The van der Waals surface area contributed by atoms with Gasteiger partial charge in [0.2, 0.25) is 0 Å². The zero-order chi connectivity index (χ0) is 21.1. The lowest BCUT2D eigenvalue weighted by Crippen LogP contribution is -2.34. The Hall–Kier alpha value is -3.29. The Morgan fingerprint density at radius 1 is 1.04 bits per heavy atom. The number of benzene rings is 2. The smallest absolute Gasteiger partial charge is 0.358 e. The number of alkyl halides is 6. The fraction of sp³-hybridized carbons (Fsp3) is 0.235. The Bertz CT molecular complexity index is 901. The molecule has 0 spiro atoms. The SMILES string of the molecule is N#Cc1ccc(N(Cc2ccc([N+](=O)[O-])cc2)CC(F)(F)F)cc1C(F)(F)F. The van der Waals surface area contributed by atoms with Crippen molar-refractivity contribution in [3.05, 3.63) is 69.3 Å². The minimum Gasteiger partial charge on any atom is -0.358 e. The highest BCUT2D eigenvalue weighted by Gasteiger charge is 2.36. The van der Waals surface area contributed by atoms with Gasteiger partial charge in [-0.05, 0) is 23.8 Å². The molecule has 0 bridgehead atoms. The Morgan fingerprint density at radius 3 is 2.11 bits per heavy atom. The van der Waals surface area contributed by atoms with E-state index in [1.165, 1.54) is 18.2 Å². The van der Waals surface area contributed by atoms with Crippen molar-refractivity contribution in [2.45, 2.75) is 18.9 Å². The van der Waals surface area contributed by atoms with Crippen LogP contribution >= 0.6 is 0 Å². The van der Waals surface area contributed by atoms with Crippen molar-refractivity contribution in [2.24, 2.45) is 0 Å². The molecular formula is C17H11F6N3O2. The van der Waals surface area contributed by atoms with Crippen LogP contribution in [0.25, 0.3) is 0 Å². The van der Waals surface area contributed by atoms with Gasteiger partial charge >= 0.3 is 12.4 Å². The number of nitro benzene ring substituents is 1. The maximum Gasteiger partial charge on any atom is 0.417 e. The second-order valence-corrected chi connectivity index (χ2v) is 5.73. The number of rotatable bonds is 5. The van der Waals surface area contributed by atoms with E-state index in [0.717, 1.165) is 24.3 Å². The largest absolute Gasteiger partial charge is 0.417 e. The summed E-state index contributed by atoms with van der Waals surface area (Å²) in [5.41, 5.74) is -2.49. The molecule has 0 unspecified atom stereocenters. The van der Waals surface area contributed by atoms with Gasteiger partial charge in [-0.3, -0.25) is 10.1 Å². The van der Waals surface area contributed by atoms with Crippen LogP contribution < -0.4 is 4.90 Å². The summed E-state index contributed by atoms with van der Waals surface area (Å²) < 4.78 is 78.1. The van der Waals surface area contributed by atoms with E-state index in [-0.39, 0.29) is 16.9 Å². The first-order chi connectivity index (χ1) is 12.9. The van der Waals surface area contributed by atoms with Gasteiger partial charge in [0, 0.05) is 24.4 Å². The summed E-state index contributed by atoms with van der Waals surface area (Å²) in [6.45, 7) is -1.99.